The van der Waals surface area contributed by atoms with Crippen molar-refractivity contribution in [3.8, 4) is 5.75 Å². The minimum absolute atomic E-state index is 0.131. The second kappa shape index (κ2) is 13.9. The average Bonchev–Trinajstić information content (AvgIpc) is 3.32. The van der Waals surface area contributed by atoms with Gasteiger partial charge in [0.25, 0.3) is 0 Å². The summed E-state index contributed by atoms with van der Waals surface area (Å²) in [4.78, 5) is 51.3. The van der Waals surface area contributed by atoms with Crippen molar-refractivity contribution in [2.45, 2.75) is 56.8 Å². The quantitative estimate of drug-likeness (QED) is 0.275. The normalized spacial score (nSPS) is 31.2. The molecule has 46 heavy (non-hydrogen) atoms. The molecule has 3 saturated heterocycles. The largest absolute Gasteiger partial charge is 0.494 e. The molecule has 0 saturated carbocycles. The first-order valence-corrected chi connectivity index (χ1v) is 16.9. The molecule has 11 nitrogen and oxygen atoms in total. The van der Waals surface area contributed by atoms with Crippen molar-refractivity contribution >= 4 is 23.4 Å². The molecular weight excluding hydrogens is 588 g/mol. The molecule has 0 aromatic heterocycles. The Balaban J connectivity index is 1.32. The Morgan fingerprint density at radius 1 is 0.870 bits per heavy atom. The molecule has 0 bridgehead atoms. The number of fused-ring (bicyclic) bond motifs is 2. The minimum atomic E-state index is -1.27. The molecule has 11 heteroatoms. The van der Waals surface area contributed by atoms with Crippen molar-refractivity contribution < 1.29 is 33.7 Å². The van der Waals surface area contributed by atoms with Gasteiger partial charge in [-0.25, -0.2) is 0 Å². The van der Waals surface area contributed by atoms with Crippen LogP contribution < -0.4 is 9.64 Å². The first-order chi connectivity index (χ1) is 22.3. The van der Waals surface area contributed by atoms with Crippen molar-refractivity contribution in [2.75, 3.05) is 77.1 Å². The number of carbonyl (C=O) groups is 3. The van der Waals surface area contributed by atoms with E-state index < -0.39 is 29.1 Å². The zero-order valence-corrected chi connectivity index (χ0v) is 27.1. The highest BCUT2D eigenvalue weighted by atomic mass is 16.5. The van der Waals surface area contributed by atoms with Gasteiger partial charge in [-0.05, 0) is 51.0 Å². The predicted octanol–water partition coefficient (Wildman–Crippen LogP) is 2.24. The molecule has 0 radical (unpaired) electrons. The van der Waals surface area contributed by atoms with Gasteiger partial charge in [-0.3, -0.25) is 19.3 Å². The monoisotopic (exact) mass is 636 g/mol. The van der Waals surface area contributed by atoms with E-state index >= 15 is 0 Å². The van der Waals surface area contributed by atoms with Gasteiger partial charge in [0, 0.05) is 58.1 Å². The van der Waals surface area contributed by atoms with E-state index in [9.17, 15) is 19.5 Å². The minimum Gasteiger partial charge on any atom is -0.494 e. The summed E-state index contributed by atoms with van der Waals surface area (Å²) in [6, 6.07) is 6.56. The number of carbonyl (C=O) groups excluding carboxylic acids is 3. The Bertz CT molecular complexity index is 1330. The van der Waals surface area contributed by atoms with Gasteiger partial charge in [-0.15, -0.1) is 0 Å². The second-order valence-electron chi connectivity index (χ2n) is 13.1. The lowest BCUT2D eigenvalue weighted by Gasteiger charge is -2.38. The van der Waals surface area contributed by atoms with Crippen molar-refractivity contribution in [3.63, 3.8) is 0 Å². The Hall–Kier alpha value is -3.25. The number of hydrogen-bond donors (Lipinski definition) is 1. The summed E-state index contributed by atoms with van der Waals surface area (Å²) >= 11 is 0. The van der Waals surface area contributed by atoms with Crippen LogP contribution in [-0.4, -0.2) is 127 Å². The second-order valence-corrected chi connectivity index (χ2v) is 13.1. The Morgan fingerprint density at radius 3 is 2.35 bits per heavy atom. The van der Waals surface area contributed by atoms with Gasteiger partial charge in [0.15, 0.2) is 0 Å². The Labute approximate surface area is 271 Å². The number of aliphatic hydroxyl groups is 1. The third-order valence-corrected chi connectivity index (χ3v) is 10.2. The van der Waals surface area contributed by atoms with E-state index in [-0.39, 0.29) is 24.3 Å². The van der Waals surface area contributed by atoms with Crippen molar-refractivity contribution in [1.29, 1.82) is 0 Å². The molecule has 3 fully saturated rings. The number of hydrogen-bond acceptors (Lipinski definition) is 8. The van der Waals surface area contributed by atoms with E-state index in [1.54, 1.807) is 9.80 Å². The maximum absolute atomic E-state index is 14.6. The molecule has 6 rings (SSSR count). The van der Waals surface area contributed by atoms with Crippen molar-refractivity contribution in [1.82, 2.24) is 14.7 Å². The van der Waals surface area contributed by atoms with Gasteiger partial charge in [0.2, 0.25) is 17.7 Å². The summed E-state index contributed by atoms with van der Waals surface area (Å²) in [5.41, 5.74) is -1.63. The number of unbranched alkanes of at least 4 members (excludes halogenated alkanes) is 3. The van der Waals surface area contributed by atoms with Gasteiger partial charge in [-0.2, -0.15) is 0 Å². The van der Waals surface area contributed by atoms with Crippen molar-refractivity contribution in [2.24, 2.45) is 11.8 Å². The van der Waals surface area contributed by atoms with Gasteiger partial charge in [0.1, 0.15) is 17.4 Å². The van der Waals surface area contributed by atoms with Crippen LogP contribution in [-0.2, 0) is 23.9 Å². The smallest absolute Gasteiger partial charge is 0.249 e. The molecule has 5 heterocycles. The van der Waals surface area contributed by atoms with Gasteiger partial charge in [0.05, 0.1) is 37.3 Å². The summed E-state index contributed by atoms with van der Waals surface area (Å²) in [5.74, 6) is -1.47. The molecule has 1 N–H and O–H groups in total. The Morgan fingerprint density at radius 2 is 1.61 bits per heavy atom. The van der Waals surface area contributed by atoms with Crippen LogP contribution >= 0.6 is 0 Å². The molecule has 1 aromatic carbocycles. The first kappa shape index (κ1) is 32.7. The van der Waals surface area contributed by atoms with E-state index in [0.717, 1.165) is 38.2 Å². The summed E-state index contributed by atoms with van der Waals surface area (Å²) in [7, 11) is 0. The predicted molar refractivity (Wildman–Crippen MR) is 172 cm³/mol. The standard InChI is InChI=1S/C35H48N4O7/c1-3-45-27-12-10-26(11-13-27)38-18-8-14-34(2)28(31(38)41)29-32(42)39(17-6-4-5-7-23-40)30-33(43)37(16-9-15-35(29,30)46-34)20-19-36-21-24-44-25-22-36/h8-15,28-30,40H,3-7,16-25H2,1-2H3/t28-,29-,30?,34+,35-/m0/s1. The molecule has 5 aliphatic heterocycles. The highest BCUT2D eigenvalue weighted by molar-refractivity contribution is 6.04. The number of likely N-dealkylation sites (tertiary alicyclic amines) is 1. The molecule has 1 unspecified atom stereocenters. The fraction of sp³-hybridized carbons (Fsp3) is 0.629. The maximum atomic E-state index is 14.6. The number of anilines is 1. The van der Waals surface area contributed by atoms with Crippen molar-refractivity contribution in [3.05, 3.63) is 48.6 Å². The lowest BCUT2D eigenvalue weighted by Crippen LogP contribution is -2.56. The van der Waals surface area contributed by atoms with Gasteiger partial charge in [-0.1, -0.05) is 37.1 Å². The van der Waals surface area contributed by atoms with E-state index in [1.807, 2.05) is 67.3 Å². The summed E-state index contributed by atoms with van der Waals surface area (Å²) < 4.78 is 18.1. The first-order valence-electron chi connectivity index (χ1n) is 16.9. The van der Waals surface area contributed by atoms with Crippen LogP contribution in [0.5, 0.6) is 5.75 Å². The SMILES string of the molecule is CCOc1ccc(N2CC=C[C@@]3(C)O[C@]45C=CCN(CCN6CCOCC6)C(=O)C4N(CCCCCCO)C(=O)[C@@H]5[C@H]3C2=O)cc1. The van der Waals surface area contributed by atoms with Crippen LogP contribution in [0.4, 0.5) is 5.69 Å². The summed E-state index contributed by atoms with van der Waals surface area (Å²) in [6.07, 6.45) is 10.8. The van der Waals surface area contributed by atoms with Crippen LogP contribution in [0, 0.1) is 11.8 Å². The fourth-order valence-electron chi connectivity index (χ4n) is 7.96. The number of rotatable bonds is 12. The van der Waals surface area contributed by atoms with E-state index in [2.05, 4.69) is 4.90 Å². The molecule has 250 valence electrons. The zero-order chi connectivity index (χ0) is 32.3. The molecule has 5 atom stereocenters. The third-order valence-electron chi connectivity index (χ3n) is 10.2. The number of aliphatic hydroxyl groups excluding tert-OH is 1. The number of ether oxygens (including phenoxy) is 3. The topological polar surface area (TPSA) is 112 Å². The molecule has 3 amide bonds. The van der Waals surface area contributed by atoms with Crippen LogP contribution in [0.25, 0.3) is 0 Å². The van der Waals surface area contributed by atoms with Crippen LogP contribution in [0.1, 0.15) is 39.5 Å². The van der Waals surface area contributed by atoms with E-state index in [1.165, 1.54) is 0 Å². The molecule has 5 aliphatic rings. The molecule has 0 aliphatic carbocycles. The van der Waals surface area contributed by atoms with Gasteiger partial charge >= 0.3 is 0 Å². The van der Waals surface area contributed by atoms with Gasteiger partial charge < -0.3 is 34.0 Å². The van der Waals surface area contributed by atoms with E-state index in [0.29, 0.717) is 64.5 Å². The lowest BCUT2D eigenvalue weighted by molar-refractivity contribution is -0.151. The molecular formula is C35H48N4O7. The molecule has 1 spiro atoms. The number of benzene rings is 1. The Kier molecular flexibility index (Phi) is 9.84. The highest BCUT2D eigenvalue weighted by Crippen LogP contribution is 2.57. The summed E-state index contributed by atoms with van der Waals surface area (Å²) in [5, 5.41) is 9.25. The zero-order valence-electron chi connectivity index (χ0n) is 27.1. The molecule has 1 aromatic rings. The third kappa shape index (κ3) is 5.98. The number of amides is 3. The summed E-state index contributed by atoms with van der Waals surface area (Å²) in [6.45, 7) is 9.91. The highest BCUT2D eigenvalue weighted by Gasteiger charge is 2.74. The maximum Gasteiger partial charge on any atom is 0.249 e. The number of morpholine rings is 1. The van der Waals surface area contributed by atoms with E-state index in [4.69, 9.17) is 14.2 Å². The fourth-order valence-corrected chi connectivity index (χ4v) is 7.96. The number of nitrogens with zero attached hydrogens (tertiary/aromatic N) is 4. The van der Waals surface area contributed by atoms with Crippen LogP contribution in [0.15, 0.2) is 48.6 Å². The average molecular weight is 637 g/mol. The van der Waals surface area contributed by atoms with Crippen LogP contribution in [0.2, 0.25) is 0 Å². The van der Waals surface area contributed by atoms with Crippen LogP contribution in [0.3, 0.4) is 0 Å². The lowest BCUT2D eigenvalue weighted by atomic mass is 9.74.